The smallest absolute Gasteiger partial charge is 0.418 e. The molecule has 0 saturated carbocycles. The number of para-hydroxylation sites is 1. The fraction of sp³-hybridized carbons (Fsp3) is 0.556. The molecule has 1 atom stereocenters. The molecule has 0 spiro atoms. The molecule has 0 radical (unpaired) electrons. The van der Waals surface area contributed by atoms with E-state index in [-0.39, 0.29) is 35.0 Å². The predicted octanol–water partition coefficient (Wildman–Crippen LogP) is 4.42. The zero-order valence-electron chi connectivity index (χ0n) is 28.8. The monoisotopic (exact) mass is 710 g/mol. The van der Waals surface area contributed by atoms with Crippen molar-refractivity contribution in [3.05, 3.63) is 59.3 Å². The summed E-state index contributed by atoms with van der Waals surface area (Å²) in [4.78, 5) is 50.6. The van der Waals surface area contributed by atoms with Gasteiger partial charge in [-0.3, -0.25) is 14.8 Å². The van der Waals surface area contributed by atoms with Crippen molar-refractivity contribution in [2.45, 2.75) is 62.9 Å². The topological polar surface area (TPSA) is 117 Å². The van der Waals surface area contributed by atoms with Gasteiger partial charge in [-0.2, -0.15) is 18.3 Å². The Kier molecular flexibility index (Phi) is 10.1. The highest BCUT2D eigenvalue weighted by Gasteiger charge is 2.38. The molecule has 3 fully saturated rings. The highest BCUT2D eigenvalue weighted by atomic mass is 19.4. The largest absolute Gasteiger partial charge is 0.436 e. The zero-order chi connectivity index (χ0) is 35.7. The molecule has 15 heteroatoms. The number of carbonyl (C=O) groups is 3. The molecule has 0 bridgehead atoms. The van der Waals surface area contributed by atoms with Gasteiger partial charge in [0, 0.05) is 75.4 Å². The van der Waals surface area contributed by atoms with E-state index in [2.05, 4.69) is 32.4 Å². The number of nitrogens with zero attached hydrogens (tertiary/aromatic N) is 6. The number of alkyl halides is 3. The Morgan fingerprint density at radius 2 is 1.63 bits per heavy atom. The minimum absolute atomic E-state index is 0.0795. The number of halogens is 3. The van der Waals surface area contributed by atoms with Crippen molar-refractivity contribution in [3.8, 4) is 0 Å². The van der Waals surface area contributed by atoms with Gasteiger partial charge in [0.25, 0.3) is 5.91 Å². The summed E-state index contributed by atoms with van der Waals surface area (Å²) in [6.45, 7) is 5.50. The second-order valence-electron chi connectivity index (χ2n) is 14.2. The summed E-state index contributed by atoms with van der Waals surface area (Å²) in [6.07, 6.45) is -1.65. The summed E-state index contributed by atoms with van der Waals surface area (Å²) in [6, 6.07) is 10.5. The molecule has 4 aliphatic rings. The molecule has 1 aromatic heterocycles. The Bertz CT molecular complexity index is 1730. The van der Waals surface area contributed by atoms with Gasteiger partial charge < -0.3 is 29.7 Å². The maximum Gasteiger partial charge on any atom is 0.418 e. The Morgan fingerprint density at radius 3 is 2.35 bits per heavy atom. The van der Waals surface area contributed by atoms with Crippen LogP contribution < -0.4 is 5.32 Å². The number of aromatic nitrogens is 2. The van der Waals surface area contributed by atoms with Gasteiger partial charge in [0.15, 0.2) is 6.10 Å². The molecule has 5 heterocycles. The molecule has 0 aliphatic carbocycles. The summed E-state index contributed by atoms with van der Waals surface area (Å²) in [5, 5.41) is 9.48. The van der Waals surface area contributed by atoms with Crippen molar-refractivity contribution in [1.29, 1.82) is 0 Å². The Hall–Kier alpha value is -4.37. The molecular weight excluding hydrogens is 665 g/mol. The van der Waals surface area contributed by atoms with Crippen LogP contribution in [0, 0.1) is 0 Å². The van der Waals surface area contributed by atoms with Crippen LogP contribution in [0.4, 0.5) is 28.4 Å². The summed E-state index contributed by atoms with van der Waals surface area (Å²) >= 11 is 0. The number of hydrogen-bond donors (Lipinski definition) is 2. The van der Waals surface area contributed by atoms with E-state index < -0.39 is 29.8 Å². The molecular formula is C36H45F3N8O4. The van der Waals surface area contributed by atoms with Crippen LogP contribution in [-0.2, 0) is 28.5 Å². The van der Waals surface area contributed by atoms with E-state index in [1.54, 1.807) is 11.0 Å². The third kappa shape index (κ3) is 7.78. The van der Waals surface area contributed by atoms with E-state index in [0.29, 0.717) is 71.1 Å². The minimum atomic E-state index is -4.65. The molecule has 4 amide bonds. The minimum Gasteiger partial charge on any atom is -0.436 e. The number of benzene rings is 2. The van der Waals surface area contributed by atoms with E-state index in [0.717, 1.165) is 43.2 Å². The molecule has 1 unspecified atom stereocenters. The number of H-pyrrole nitrogens is 1. The number of ether oxygens (including phenoxy) is 1. The van der Waals surface area contributed by atoms with Crippen molar-refractivity contribution in [2.24, 2.45) is 0 Å². The number of anilines is 1. The van der Waals surface area contributed by atoms with Crippen LogP contribution >= 0.6 is 0 Å². The first-order chi connectivity index (χ1) is 24.5. The molecule has 2 aromatic carbocycles. The lowest BCUT2D eigenvalue weighted by Gasteiger charge is -2.42. The van der Waals surface area contributed by atoms with Crippen molar-refractivity contribution in [2.75, 3.05) is 71.3 Å². The number of fused-ring (bicyclic) bond motifs is 2. The number of piperidine rings is 2. The predicted molar refractivity (Wildman–Crippen MR) is 184 cm³/mol. The molecule has 2 N–H and O–H groups in total. The molecule has 274 valence electrons. The number of amides is 4. The SMILES string of the molecule is CN1CCC(N2CCN(C(=O)C(Cc3cc(C(F)(F)F)c4[nH]ncc4c3)OC(=O)N3CCC(N4CCc5ccccc5NC4=O)CC3)CC2)CC1. The van der Waals surface area contributed by atoms with Crippen molar-refractivity contribution in [1.82, 2.24) is 34.7 Å². The third-order valence-electron chi connectivity index (χ3n) is 11.0. The fourth-order valence-electron chi connectivity index (χ4n) is 8.02. The maximum absolute atomic E-state index is 14.1. The number of urea groups is 1. The van der Waals surface area contributed by atoms with Crippen LogP contribution in [0.5, 0.6) is 0 Å². The lowest BCUT2D eigenvalue weighted by Crippen LogP contribution is -2.56. The Morgan fingerprint density at radius 1 is 0.922 bits per heavy atom. The lowest BCUT2D eigenvalue weighted by molar-refractivity contribution is -0.143. The average Bonchev–Trinajstić information content (AvgIpc) is 3.53. The molecule has 12 nitrogen and oxygen atoms in total. The van der Waals surface area contributed by atoms with Gasteiger partial charge in [0.2, 0.25) is 0 Å². The van der Waals surface area contributed by atoms with Crippen LogP contribution in [0.1, 0.15) is 42.4 Å². The van der Waals surface area contributed by atoms with Crippen molar-refractivity contribution in [3.63, 3.8) is 0 Å². The van der Waals surface area contributed by atoms with Crippen molar-refractivity contribution < 1.29 is 32.3 Å². The number of hydrogen-bond acceptors (Lipinski definition) is 7. The molecule has 3 saturated heterocycles. The highest BCUT2D eigenvalue weighted by Crippen LogP contribution is 2.35. The van der Waals surface area contributed by atoms with E-state index >= 15 is 0 Å². The normalized spacial score (nSPS) is 20.9. The van der Waals surface area contributed by atoms with E-state index in [4.69, 9.17) is 4.74 Å². The number of carbonyl (C=O) groups excluding carboxylic acids is 3. The van der Waals surface area contributed by atoms with Crippen LogP contribution in [0.2, 0.25) is 0 Å². The van der Waals surface area contributed by atoms with Gasteiger partial charge in [-0.15, -0.1) is 0 Å². The van der Waals surface area contributed by atoms with Crippen molar-refractivity contribution >= 4 is 34.6 Å². The summed E-state index contributed by atoms with van der Waals surface area (Å²) in [5.74, 6) is -0.414. The van der Waals surface area contributed by atoms with E-state index in [9.17, 15) is 27.6 Å². The first-order valence-electron chi connectivity index (χ1n) is 17.9. The first kappa shape index (κ1) is 35.1. The van der Waals surface area contributed by atoms with E-state index in [1.165, 1.54) is 11.1 Å². The third-order valence-corrected chi connectivity index (χ3v) is 11.0. The average molecular weight is 711 g/mol. The van der Waals surface area contributed by atoms with Gasteiger partial charge in [0.1, 0.15) is 0 Å². The lowest BCUT2D eigenvalue weighted by atomic mass is 10.00. The number of nitrogens with one attached hydrogen (secondary N) is 2. The van der Waals surface area contributed by atoms with Gasteiger partial charge in [0.05, 0.1) is 17.3 Å². The Labute approximate surface area is 294 Å². The zero-order valence-corrected chi connectivity index (χ0v) is 28.8. The molecule has 4 aliphatic heterocycles. The Balaban J connectivity index is 1.03. The van der Waals surface area contributed by atoms with Crippen LogP contribution in [0.25, 0.3) is 10.9 Å². The van der Waals surface area contributed by atoms with Crippen LogP contribution in [-0.4, -0.2) is 137 Å². The number of rotatable bonds is 6. The van der Waals surface area contributed by atoms with E-state index in [1.807, 2.05) is 29.2 Å². The van der Waals surface area contributed by atoms with Gasteiger partial charge in [-0.05, 0) is 81.6 Å². The summed E-state index contributed by atoms with van der Waals surface area (Å²) in [5.41, 5.74) is 1.07. The molecule has 7 rings (SSSR count). The number of aromatic amines is 1. The molecule has 3 aromatic rings. The van der Waals surface area contributed by atoms with Gasteiger partial charge in [-0.25, -0.2) is 9.59 Å². The highest BCUT2D eigenvalue weighted by molar-refractivity contribution is 5.91. The molecule has 51 heavy (non-hydrogen) atoms. The van der Waals surface area contributed by atoms with Gasteiger partial charge in [-0.1, -0.05) is 18.2 Å². The first-order valence-corrected chi connectivity index (χ1v) is 17.9. The maximum atomic E-state index is 14.1. The standard InChI is InChI=1S/C36H45F3N8O4/c1-43-11-7-27(8-12-43)44-16-18-45(19-17-44)33(48)31(22-24-20-26-23-40-42-32(26)29(21-24)36(37,38)39)51-35(50)46-13-9-28(10-14-46)47-15-6-25-4-2-3-5-30(25)41-34(47)49/h2-5,20-21,23,27-28,31H,6-19,22H2,1H3,(H,40,42)(H,41,49). The van der Waals surface area contributed by atoms with Gasteiger partial charge >= 0.3 is 18.3 Å². The van der Waals surface area contributed by atoms with Crippen LogP contribution in [0.3, 0.4) is 0 Å². The number of likely N-dealkylation sites (tertiary alicyclic amines) is 2. The fourth-order valence-corrected chi connectivity index (χ4v) is 8.02. The number of piperazine rings is 1. The second-order valence-corrected chi connectivity index (χ2v) is 14.2. The second kappa shape index (κ2) is 14.7. The summed E-state index contributed by atoms with van der Waals surface area (Å²) < 4.78 is 48.1. The summed E-state index contributed by atoms with van der Waals surface area (Å²) in [7, 11) is 2.12. The van der Waals surface area contributed by atoms with Crippen LogP contribution in [0.15, 0.2) is 42.6 Å². The quantitative estimate of drug-likeness (QED) is 0.389.